The lowest BCUT2D eigenvalue weighted by atomic mass is 9.64. The molecule has 4 atom stereocenters. The summed E-state index contributed by atoms with van der Waals surface area (Å²) in [5, 5.41) is 25.9. The van der Waals surface area contributed by atoms with Gasteiger partial charge < -0.3 is 24.3 Å². The third kappa shape index (κ3) is 8.86. The van der Waals surface area contributed by atoms with Crippen LogP contribution in [0.5, 0.6) is 5.75 Å². The zero-order valence-corrected chi connectivity index (χ0v) is 34.2. The molecule has 11 heteroatoms. The summed E-state index contributed by atoms with van der Waals surface area (Å²) in [4.78, 5) is 30.1. The Labute approximate surface area is 347 Å². The van der Waals surface area contributed by atoms with Crippen LogP contribution < -0.4 is 4.74 Å². The number of carbonyl (C=O) groups is 2. The molecule has 59 heavy (non-hydrogen) atoms. The molecule has 0 unspecified atom stereocenters. The van der Waals surface area contributed by atoms with E-state index in [9.17, 15) is 33.0 Å². The van der Waals surface area contributed by atoms with Crippen molar-refractivity contribution in [2.45, 2.75) is 95.9 Å². The number of benzene rings is 4. The second kappa shape index (κ2) is 17.0. The number of alkyl halides is 3. The van der Waals surface area contributed by atoms with E-state index in [2.05, 4.69) is 6.08 Å². The van der Waals surface area contributed by atoms with Gasteiger partial charge in [0, 0.05) is 23.1 Å². The molecule has 310 valence electrons. The van der Waals surface area contributed by atoms with E-state index in [0.29, 0.717) is 74.8 Å². The van der Waals surface area contributed by atoms with Crippen molar-refractivity contribution in [2.24, 2.45) is 5.41 Å². The summed E-state index contributed by atoms with van der Waals surface area (Å²) in [6.45, 7) is 6.40. The van der Waals surface area contributed by atoms with Crippen molar-refractivity contribution in [1.29, 1.82) is 0 Å². The van der Waals surface area contributed by atoms with Crippen LogP contribution in [0.25, 0.3) is 22.1 Å². The highest BCUT2D eigenvalue weighted by atomic mass is 35.5. The fraction of sp³-hybridized carbons (Fsp3) is 0.375. The lowest BCUT2D eigenvalue weighted by molar-refractivity contribution is -0.137. The van der Waals surface area contributed by atoms with Crippen LogP contribution in [0.4, 0.5) is 18.0 Å². The molecule has 3 aliphatic rings. The Balaban J connectivity index is 1.25. The molecular weight excluding hydrogens is 779 g/mol. The number of ketones is 1. The Morgan fingerprint density at radius 3 is 2.51 bits per heavy atom. The van der Waals surface area contributed by atoms with Crippen LogP contribution in [0.3, 0.4) is 0 Å². The summed E-state index contributed by atoms with van der Waals surface area (Å²) in [7, 11) is 0. The molecule has 0 aliphatic heterocycles. The largest absolute Gasteiger partial charge is 0.453 e. The standard InChI is InChI=1S/C48H49ClF3NO6/c1-4-24-53(45(56)58-36-16-13-32-9-5-6-10-33(32)27-36)29-47(57)23-21-40-37-17-12-31(25-35(54)15-11-30(2)8-7-22-46(40,47)3)26-38(37)44(55)43-20-19-42(59-43)39-28-34(48(50,51)52)14-18-41(39)49/h5-6,8-10,12-14,16-20,26-28,35,40,54,57H,4,7,11,15,21-25,29H2,1-3H3/t35-,40-,46-,47+/m0/s1. The molecule has 1 saturated carbocycles. The normalized spacial score (nSPS) is 22.4. The highest BCUT2D eigenvalue weighted by Gasteiger charge is 2.58. The van der Waals surface area contributed by atoms with E-state index >= 15 is 0 Å². The number of aliphatic hydroxyl groups excluding tert-OH is 1. The number of fused-ring (bicyclic) bond motifs is 9. The molecular formula is C48H49ClF3NO6. The van der Waals surface area contributed by atoms with Crippen molar-refractivity contribution in [3.63, 3.8) is 0 Å². The smallest absolute Gasteiger partial charge is 0.416 e. The van der Waals surface area contributed by atoms with Gasteiger partial charge in [0.1, 0.15) is 11.5 Å². The number of halogens is 4. The van der Waals surface area contributed by atoms with Gasteiger partial charge in [-0.05, 0) is 135 Å². The van der Waals surface area contributed by atoms with Crippen molar-refractivity contribution in [2.75, 3.05) is 13.1 Å². The van der Waals surface area contributed by atoms with Crippen molar-refractivity contribution in [3.05, 3.63) is 136 Å². The Bertz CT molecular complexity index is 2390. The minimum absolute atomic E-state index is 0.000323. The van der Waals surface area contributed by atoms with Crippen LogP contribution in [-0.2, 0) is 12.6 Å². The van der Waals surface area contributed by atoms with Gasteiger partial charge >= 0.3 is 12.3 Å². The average molecular weight is 828 g/mol. The maximum atomic E-state index is 14.6. The molecule has 2 N–H and O–H groups in total. The Morgan fingerprint density at radius 2 is 1.75 bits per heavy atom. The number of furan rings is 1. The van der Waals surface area contributed by atoms with Crippen molar-refractivity contribution in [1.82, 2.24) is 4.90 Å². The summed E-state index contributed by atoms with van der Waals surface area (Å²) < 4.78 is 52.8. The highest BCUT2D eigenvalue weighted by Crippen LogP contribution is 2.59. The molecule has 5 aromatic rings. The molecule has 1 fully saturated rings. The number of allylic oxidation sites excluding steroid dienone is 2. The minimum atomic E-state index is -4.61. The van der Waals surface area contributed by atoms with E-state index in [0.717, 1.165) is 40.1 Å². The number of nitrogens with zero attached hydrogens (tertiary/aromatic N) is 1. The van der Waals surface area contributed by atoms with E-state index in [1.165, 1.54) is 12.1 Å². The zero-order chi connectivity index (χ0) is 42.1. The molecule has 1 heterocycles. The first-order valence-electron chi connectivity index (χ1n) is 20.2. The Hall–Kier alpha value is -4.90. The van der Waals surface area contributed by atoms with Crippen LogP contribution in [0.15, 0.2) is 107 Å². The zero-order valence-electron chi connectivity index (χ0n) is 33.4. The van der Waals surface area contributed by atoms with Gasteiger partial charge in [0.2, 0.25) is 5.78 Å². The van der Waals surface area contributed by atoms with E-state index in [-0.39, 0.29) is 34.6 Å². The van der Waals surface area contributed by atoms with E-state index in [4.69, 9.17) is 20.8 Å². The van der Waals surface area contributed by atoms with Crippen LogP contribution in [0.1, 0.15) is 104 Å². The third-order valence-electron chi connectivity index (χ3n) is 12.4. The number of rotatable bonds is 8. The summed E-state index contributed by atoms with van der Waals surface area (Å²) in [5.74, 6) is -0.519. The van der Waals surface area contributed by atoms with Crippen molar-refractivity contribution >= 4 is 34.2 Å². The van der Waals surface area contributed by atoms with Gasteiger partial charge in [0.25, 0.3) is 0 Å². The first-order valence-corrected chi connectivity index (χ1v) is 20.6. The molecule has 4 aromatic carbocycles. The maximum absolute atomic E-state index is 14.6. The first-order chi connectivity index (χ1) is 28.1. The fourth-order valence-corrected chi connectivity index (χ4v) is 9.25. The third-order valence-corrected chi connectivity index (χ3v) is 12.8. The lowest BCUT2D eigenvalue weighted by Gasteiger charge is -2.46. The second-order valence-corrected chi connectivity index (χ2v) is 16.8. The van der Waals surface area contributed by atoms with Gasteiger partial charge in [-0.25, -0.2) is 4.79 Å². The summed E-state index contributed by atoms with van der Waals surface area (Å²) >= 11 is 6.33. The quantitative estimate of drug-likeness (QED) is 0.119. The number of ether oxygens (including phenoxy) is 1. The van der Waals surface area contributed by atoms with Crippen LogP contribution in [-0.4, -0.2) is 51.8 Å². The predicted octanol–water partition coefficient (Wildman–Crippen LogP) is 12.0. The molecule has 1 aromatic heterocycles. The molecule has 2 bridgehead atoms. The summed E-state index contributed by atoms with van der Waals surface area (Å²) in [5.41, 5.74) is -0.276. The molecule has 8 rings (SSSR count). The van der Waals surface area contributed by atoms with Gasteiger partial charge in [0.05, 0.1) is 28.8 Å². The molecule has 0 spiro atoms. The summed E-state index contributed by atoms with van der Waals surface area (Å²) in [6, 6.07) is 24.6. The van der Waals surface area contributed by atoms with Gasteiger partial charge in [-0.15, -0.1) is 0 Å². The van der Waals surface area contributed by atoms with Gasteiger partial charge in [-0.2, -0.15) is 13.2 Å². The topological polar surface area (TPSA) is 100 Å². The van der Waals surface area contributed by atoms with E-state index in [1.54, 1.807) is 17.0 Å². The monoisotopic (exact) mass is 827 g/mol. The highest BCUT2D eigenvalue weighted by molar-refractivity contribution is 6.33. The molecule has 0 saturated heterocycles. The lowest BCUT2D eigenvalue weighted by Crippen LogP contribution is -2.54. The van der Waals surface area contributed by atoms with Crippen LogP contribution in [0, 0.1) is 5.41 Å². The molecule has 3 aliphatic carbocycles. The van der Waals surface area contributed by atoms with E-state index in [1.807, 2.05) is 69.3 Å². The minimum Gasteiger partial charge on any atom is -0.453 e. The summed E-state index contributed by atoms with van der Waals surface area (Å²) in [6.07, 6.45) is 0.428. The number of hydrogen-bond donors (Lipinski definition) is 2. The average Bonchev–Trinajstić information content (AvgIpc) is 3.78. The van der Waals surface area contributed by atoms with Crippen molar-refractivity contribution in [3.8, 4) is 17.1 Å². The van der Waals surface area contributed by atoms with Crippen molar-refractivity contribution < 1.29 is 42.1 Å². The second-order valence-electron chi connectivity index (χ2n) is 16.4. The predicted molar refractivity (Wildman–Crippen MR) is 223 cm³/mol. The molecule has 1 amide bonds. The van der Waals surface area contributed by atoms with Gasteiger partial charge in [-0.3, -0.25) is 4.79 Å². The Morgan fingerprint density at radius 1 is 0.966 bits per heavy atom. The number of amides is 1. The maximum Gasteiger partial charge on any atom is 0.416 e. The van der Waals surface area contributed by atoms with Crippen LogP contribution >= 0.6 is 11.6 Å². The SMILES string of the molecule is CCCN(C[C@]1(O)CC[C@H]2c3ccc(cc3C(=O)c3ccc(-c4cc(C(F)(F)F)ccc4Cl)o3)C[C@@H](O)CCC(C)=CCC[C@@]21C)C(=O)Oc1ccc2ccccc2c1. The number of hydrogen-bond acceptors (Lipinski definition) is 6. The van der Waals surface area contributed by atoms with E-state index < -0.39 is 40.7 Å². The number of aliphatic hydroxyl groups is 2. The van der Waals surface area contributed by atoms with Gasteiger partial charge in [0.15, 0.2) is 5.76 Å². The number of carbonyl (C=O) groups excluding carboxylic acids is 2. The molecule has 0 radical (unpaired) electrons. The molecule has 7 nitrogen and oxygen atoms in total. The van der Waals surface area contributed by atoms with Crippen LogP contribution in [0.2, 0.25) is 5.02 Å². The Kier molecular flexibility index (Phi) is 12.2. The fourth-order valence-electron chi connectivity index (χ4n) is 9.04. The van der Waals surface area contributed by atoms with Gasteiger partial charge in [-0.1, -0.05) is 79.6 Å². The first kappa shape index (κ1) is 42.2.